The Bertz CT molecular complexity index is 629. The average molecular weight is 274 g/mol. The minimum atomic E-state index is -0.516. The lowest BCUT2D eigenvalue weighted by Gasteiger charge is -2.10. The summed E-state index contributed by atoms with van der Waals surface area (Å²) in [6.07, 6.45) is 0. The Labute approximate surface area is 116 Å². The molecular weight excluding hydrogens is 259 g/mol. The van der Waals surface area contributed by atoms with Crippen molar-refractivity contribution in [3.8, 4) is 5.75 Å². The fourth-order valence-electron chi connectivity index (χ4n) is 1.76. The van der Waals surface area contributed by atoms with Crippen LogP contribution in [0, 0.1) is 5.82 Å². The molecule has 0 aliphatic carbocycles. The second-order valence-electron chi connectivity index (χ2n) is 4.12. The van der Waals surface area contributed by atoms with Crippen molar-refractivity contribution in [3.63, 3.8) is 0 Å². The van der Waals surface area contributed by atoms with E-state index in [9.17, 15) is 9.18 Å². The van der Waals surface area contributed by atoms with Gasteiger partial charge in [-0.25, -0.2) is 4.39 Å². The summed E-state index contributed by atoms with van der Waals surface area (Å²) in [6.45, 7) is 2.31. The quantitative estimate of drug-likeness (QED) is 0.842. The van der Waals surface area contributed by atoms with E-state index in [-0.39, 0.29) is 11.6 Å². The first-order valence-corrected chi connectivity index (χ1v) is 6.20. The number of rotatable bonds is 4. The smallest absolute Gasteiger partial charge is 0.259 e. The molecule has 4 nitrogen and oxygen atoms in total. The number of amides is 1. The SMILES string of the molecule is CCOc1ccccc1C(=O)Nc1ccc(F)c(N)c1. The number of anilines is 2. The van der Waals surface area contributed by atoms with E-state index >= 15 is 0 Å². The van der Waals surface area contributed by atoms with E-state index in [0.717, 1.165) is 0 Å². The van der Waals surface area contributed by atoms with E-state index in [1.165, 1.54) is 18.2 Å². The minimum Gasteiger partial charge on any atom is -0.493 e. The minimum absolute atomic E-state index is 0.0131. The summed E-state index contributed by atoms with van der Waals surface area (Å²) in [5.41, 5.74) is 6.29. The van der Waals surface area contributed by atoms with Crippen molar-refractivity contribution in [2.45, 2.75) is 6.92 Å². The highest BCUT2D eigenvalue weighted by atomic mass is 19.1. The van der Waals surface area contributed by atoms with Gasteiger partial charge in [0.1, 0.15) is 11.6 Å². The molecule has 0 aromatic heterocycles. The van der Waals surface area contributed by atoms with Crippen LogP contribution in [0.15, 0.2) is 42.5 Å². The summed E-state index contributed by atoms with van der Waals surface area (Å²) in [5, 5.41) is 2.66. The van der Waals surface area contributed by atoms with Crippen LogP contribution in [0.5, 0.6) is 5.75 Å². The van der Waals surface area contributed by atoms with Crippen molar-refractivity contribution in [1.29, 1.82) is 0 Å². The molecule has 0 aliphatic rings. The first-order valence-electron chi connectivity index (χ1n) is 6.20. The third kappa shape index (κ3) is 3.06. The van der Waals surface area contributed by atoms with E-state index in [1.807, 2.05) is 6.92 Å². The third-order valence-corrected chi connectivity index (χ3v) is 2.69. The molecule has 0 atom stereocenters. The molecule has 0 fully saturated rings. The normalized spacial score (nSPS) is 10.1. The van der Waals surface area contributed by atoms with E-state index in [4.69, 9.17) is 10.5 Å². The van der Waals surface area contributed by atoms with E-state index in [2.05, 4.69) is 5.32 Å². The highest BCUT2D eigenvalue weighted by molar-refractivity contribution is 6.06. The zero-order valence-corrected chi connectivity index (χ0v) is 11.0. The fourth-order valence-corrected chi connectivity index (χ4v) is 1.76. The number of benzene rings is 2. The van der Waals surface area contributed by atoms with Gasteiger partial charge in [0.2, 0.25) is 0 Å². The zero-order valence-electron chi connectivity index (χ0n) is 11.0. The monoisotopic (exact) mass is 274 g/mol. The maximum atomic E-state index is 13.1. The van der Waals surface area contributed by atoms with Crippen LogP contribution < -0.4 is 15.8 Å². The average Bonchev–Trinajstić information content (AvgIpc) is 2.44. The van der Waals surface area contributed by atoms with Crippen molar-refractivity contribution in [2.75, 3.05) is 17.7 Å². The maximum Gasteiger partial charge on any atom is 0.259 e. The molecule has 0 bridgehead atoms. The number of halogens is 1. The Kier molecular flexibility index (Phi) is 4.20. The zero-order chi connectivity index (χ0) is 14.5. The molecule has 0 saturated heterocycles. The van der Waals surface area contributed by atoms with Crippen molar-refractivity contribution in [3.05, 3.63) is 53.8 Å². The topological polar surface area (TPSA) is 64.3 Å². The summed E-state index contributed by atoms with van der Waals surface area (Å²) >= 11 is 0. The van der Waals surface area contributed by atoms with Crippen LogP contribution in [0.3, 0.4) is 0 Å². The third-order valence-electron chi connectivity index (χ3n) is 2.69. The van der Waals surface area contributed by atoms with Gasteiger partial charge < -0.3 is 15.8 Å². The molecule has 20 heavy (non-hydrogen) atoms. The van der Waals surface area contributed by atoms with Crippen LogP contribution >= 0.6 is 0 Å². The molecule has 2 aromatic carbocycles. The predicted octanol–water partition coefficient (Wildman–Crippen LogP) is 3.06. The number of carbonyl (C=O) groups excluding carboxylic acids is 1. The number of nitrogens with two attached hydrogens (primary N) is 1. The molecule has 3 N–H and O–H groups in total. The lowest BCUT2D eigenvalue weighted by atomic mass is 10.1. The number of hydrogen-bond acceptors (Lipinski definition) is 3. The molecule has 2 rings (SSSR count). The van der Waals surface area contributed by atoms with E-state index < -0.39 is 5.82 Å². The number of hydrogen-bond donors (Lipinski definition) is 2. The van der Waals surface area contributed by atoms with Crippen molar-refractivity contribution in [2.24, 2.45) is 0 Å². The van der Waals surface area contributed by atoms with Gasteiger partial charge in [0, 0.05) is 5.69 Å². The van der Waals surface area contributed by atoms with Crippen LogP contribution in [0.25, 0.3) is 0 Å². The first-order chi connectivity index (χ1) is 9.61. The Morgan fingerprint density at radius 2 is 2.05 bits per heavy atom. The molecular formula is C15H15FN2O2. The lowest BCUT2D eigenvalue weighted by molar-refractivity contribution is 0.102. The molecule has 0 spiro atoms. The number of carbonyl (C=O) groups is 1. The Balaban J connectivity index is 2.21. The highest BCUT2D eigenvalue weighted by Gasteiger charge is 2.12. The Morgan fingerprint density at radius 3 is 2.75 bits per heavy atom. The van der Waals surface area contributed by atoms with Crippen LogP contribution in [0.2, 0.25) is 0 Å². The van der Waals surface area contributed by atoms with Gasteiger partial charge in [-0.05, 0) is 37.3 Å². The lowest BCUT2D eigenvalue weighted by Crippen LogP contribution is -2.14. The predicted molar refractivity (Wildman–Crippen MR) is 76.4 cm³/mol. The summed E-state index contributed by atoms with van der Waals surface area (Å²) in [5.74, 6) is -0.347. The van der Waals surface area contributed by atoms with Gasteiger partial charge in [-0.1, -0.05) is 12.1 Å². The molecule has 0 saturated carbocycles. The molecule has 0 heterocycles. The van der Waals surface area contributed by atoms with Gasteiger partial charge in [0.25, 0.3) is 5.91 Å². The van der Waals surface area contributed by atoms with Gasteiger partial charge in [-0.15, -0.1) is 0 Å². The summed E-state index contributed by atoms with van der Waals surface area (Å²) < 4.78 is 18.5. The maximum absolute atomic E-state index is 13.1. The van der Waals surface area contributed by atoms with E-state index in [0.29, 0.717) is 23.6 Å². The van der Waals surface area contributed by atoms with Gasteiger partial charge in [0.15, 0.2) is 0 Å². The Hall–Kier alpha value is -2.56. The second-order valence-corrected chi connectivity index (χ2v) is 4.12. The van der Waals surface area contributed by atoms with Crippen LogP contribution in [-0.2, 0) is 0 Å². The largest absolute Gasteiger partial charge is 0.493 e. The number of ether oxygens (including phenoxy) is 1. The highest BCUT2D eigenvalue weighted by Crippen LogP contribution is 2.21. The second kappa shape index (κ2) is 6.06. The molecule has 0 unspecified atom stereocenters. The number of nitrogen functional groups attached to an aromatic ring is 1. The van der Waals surface area contributed by atoms with Crippen molar-refractivity contribution in [1.82, 2.24) is 0 Å². The molecule has 2 aromatic rings. The number of nitrogens with one attached hydrogen (secondary N) is 1. The summed E-state index contributed by atoms with van der Waals surface area (Å²) in [7, 11) is 0. The van der Waals surface area contributed by atoms with Crippen molar-refractivity contribution >= 4 is 17.3 Å². The van der Waals surface area contributed by atoms with Crippen molar-refractivity contribution < 1.29 is 13.9 Å². The molecule has 0 aliphatic heterocycles. The van der Waals surface area contributed by atoms with Gasteiger partial charge >= 0.3 is 0 Å². The molecule has 104 valence electrons. The Morgan fingerprint density at radius 1 is 1.30 bits per heavy atom. The molecule has 1 amide bonds. The first kappa shape index (κ1) is 13.9. The van der Waals surface area contributed by atoms with Gasteiger partial charge in [-0.2, -0.15) is 0 Å². The van der Waals surface area contributed by atoms with Crippen LogP contribution in [0.1, 0.15) is 17.3 Å². The molecule has 0 radical (unpaired) electrons. The van der Waals surface area contributed by atoms with Gasteiger partial charge in [0.05, 0.1) is 17.9 Å². The summed E-state index contributed by atoms with van der Waals surface area (Å²) in [6, 6.07) is 10.9. The van der Waals surface area contributed by atoms with E-state index in [1.54, 1.807) is 24.3 Å². The van der Waals surface area contributed by atoms with Gasteiger partial charge in [-0.3, -0.25) is 4.79 Å². The number of para-hydroxylation sites is 1. The molecule has 5 heteroatoms. The van der Waals surface area contributed by atoms with Crippen LogP contribution in [-0.4, -0.2) is 12.5 Å². The standard InChI is InChI=1S/C15H15FN2O2/c1-2-20-14-6-4-3-5-11(14)15(19)18-10-7-8-12(16)13(17)9-10/h3-9H,2,17H2,1H3,(H,18,19). The van der Waals surface area contributed by atoms with Crippen LogP contribution in [0.4, 0.5) is 15.8 Å². The summed E-state index contributed by atoms with van der Waals surface area (Å²) in [4.78, 5) is 12.2. The fraction of sp³-hybridized carbons (Fsp3) is 0.133.